The predicted octanol–water partition coefficient (Wildman–Crippen LogP) is 5.08. The van der Waals surface area contributed by atoms with E-state index in [1.807, 2.05) is 37.8 Å². The molecule has 0 aliphatic carbocycles. The largest absolute Gasteiger partial charge is 0.444 e. The summed E-state index contributed by atoms with van der Waals surface area (Å²) in [7, 11) is 0. The lowest BCUT2D eigenvalue weighted by atomic mass is 9.93. The number of halogens is 1. The van der Waals surface area contributed by atoms with Crippen molar-refractivity contribution >= 4 is 23.6 Å². The van der Waals surface area contributed by atoms with E-state index in [2.05, 4.69) is 12.1 Å². The van der Waals surface area contributed by atoms with Crippen LogP contribution in [0.4, 0.5) is 4.79 Å². The van der Waals surface area contributed by atoms with Crippen LogP contribution in [0.25, 0.3) is 0 Å². The Morgan fingerprint density at radius 1 is 0.966 bits per heavy atom. The van der Waals surface area contributed by atoms with Gasteiger partial charge in [-0.05, 0) is 64.2 Å². The zero-order chi connectivity index (χ0) is 21.0. The molecule has 2 saturated heterocycles. The van der Waals surface area contributed by atoms with Crippen molar-refractivity contribution in [2.24, 2.45) is 5.92 Å². The van der Waals surface area contributed by atoms with E-state index in [1.54, 1.807) is 4.90 Å². The number of likely N-dealkylation sites (tertiary alicyclic amines) is 2. The maximum atomic E-state index is 13.3. The monoisotopic (exact) mass is 420 g/mol. The molecule has 1 aromatic carbocycles. The van der Waals surface area contributed by atoms with Crippen molar-refractivity contribution in [1.29, 1.82) is 0 Å². The molecule has 2 aliphatic rings. The number of ether oxygens (including phenoxy) is 1. The lowest BCUT2D eigenvalue weighted by Gasteiger charge is -2.36. The van der Waals surface area contributed by atoms with Gasteiger partial charge in [0.05, 0.1) is 5.92 Å². The average molecular weight is 421 g/mol. The summed E-state index contributed by atoms with van der Waals surface area (Å²) in [4.78, 5) is 29.5. The molecule has 0 bridgehead atoms. The van der Waals surface area contributed by atoms with Gasteiger partial charge in [0.1, 0.15) is 5.60 Å². The Hall–Kier alpha value is -1.75. The minimum absolute atomic E-state index is 0.139. The van der Waals surface area contributed by atoms with Crippen LogP contribution in [0.5, 0.6) is 0 Å². The summed E-state index contributed by atoms with van der Waals surface area (Å²) < 4.78 is 5.51. The molecule has 2 heterocycles. The number of carbonyl (C=O) groups is 2. The molecule has 29 heavy (non-hydrogen) atoms. The lowest BCUT2D eigenvalue weighted by Crippen LogP contribution is -2.48. The second kappa shape index (κ2) is 9.38. The number of benzene rings is 1. The van der Waals surface area contributed by atoms with Crippen molar-refractivity contribution in [3.8, 4) is 0 Å². The van der Waals surface area contributed by atoms with Gasteiger partial charge in [-0.15, -0.1) is 0 Å². The van der Waals surface area contributed by atoms with Crippen LogP contribution in [-0.4, -0.2) is 53.6 Å². The van der Waals surface area contributed by atoms with Gasteiger partial charge in [0.15, 0.2) is 0 Å². The highest BCUT2D eigenvalue weighted by Gasteiger charge is 2.34. The Morgan fingerprint density at radius 3 is 2.34 bits per heavy atom. The van der Waals surface area contributed by atoms with Crippen LogP contribution in [0.2, 0.25) is 5.02 Å². The van der Waals surface area contributed by atoms with Gasteiger partial charge < -0.3 is 14.5 Å². The van der Waals surface area contributed by atoms with Gasteiger partial charge in [0, 0.05) is 37.1 Å². The Labute approximate surface area is 179 Å². The van der Waals surface area contributed by atoms with Gasteiger partial charge in [0.2, 0.25) is 5.91 Å². The van der Waals surface area contributed by atoms with Crippen molar-refractivity contribution in [2.75, 3.05) is 26.2 Å². The molecule has 2 unspecified atom stereocenters. The van der Waals surface area contributed by atoms with Gasteiger partial charge in [-0.1, -0.05) is 30.2 Å². The second-order valence-corrected chi connectivity index (χ2v) is 9.73. The Balaban J connectivity index is 1.64. The molecule has 3 rings (SSSR count). The molecule has 2 aliphatic heterocycles. The fraction of sp³-hybridized carbons (Fsp3) is 0.652. The first-order chi connectivity index (χ1) is 13.7. The number of hydrogen-bond donors (Lipinski definition) is 0. The maximum Gasteiger partial charge on any atom is 0.410 e. The van der Waals surface area contributed by atoms with E-state index >= 15 is 0 Å². The first-order valence-electron chi connectivity index (χ1n) is 10.7. The summed E-state index contributed by atoms with van der Waals surface area (Å²) in [5.74, 6) is 0.378. The van der Waals surface area contributed by atoms with Crippen LogP contribution in [0, 0.1) is 5.92 Å². The number of carbonyl (C=O) groups excluding carboxylic acids is 2. The number of rotatable bonds is 2. The smallest absolute Gasteiger partial charge is 0.410 e. The second-order valence-electron chi connectivity index (χ2n) is 9.29. The minimum Gasteiger partial charge on any atom is -0.444 e. The fourth-order valence-corrected chi connectivity index (χ4v) is 4.40. The molecule has 160 valence electrons. The topological polar surface area (TPSA) is 49.9 Å². The summed E-state index contributed by atoms with van der Waals surface area (Å²) in [6.45, 7) is 8.25. The first-order valence-corrected chi connectivity index (χ1v) is 11.1. The molecule has 0 spiro atoms. The zero-order valence-electron chi connectivity index (χ0n) is 17.8. The van der Waals surface area contributed by atoms with Crippen LogP contribution in [-0.2, 0) is 9.53 Å². The number of amides is 2. The number of hydrogen-bond acceptors (Lipinski definition) is 3. The molecule has 1 aromatic rings. The van der Waals surface area contributed by atoms with Crippen molar-refractivity contribution in [2.45, 2.75) is 64.4 Å². The molecule has 2 amide bonds. The molecule has 0 saturated carbocycles. The lowest BCUT2D eigenvalue weighted by molar-refractivity contribution is -0.137. The van der Waals surface area contributed by atoms with E-state index in [-0.39, 0.29) is 17.9 Å². The summed E-state index contributed by atoms with van der Waals surface area (Å²) in [6.07, 6.45) is 4.58. The molecular formula is C23H33ClN2O3. The van der Waals surface area contributed by atoms with E-state index in [9.17, 15) is 9.59 Å². The third-order valence-electron chi connectivity index (χ3n) is 5.75. The molecule has 6 heteroatoms. The normalized spacial score (nSPS) is 23.4. The van der Waals surface area contributed by atoms with Crippen LogP contribution in [0.1, 0.15) is 64.4 Å². The summed E-state index contributed by atoms with van der Waals surface area (Å²) >= 11 is 6.04. The average Bonchev–Trinajstić information content (AvgIpc) is 2.93. The molecule has 2 fully saturated rings. The minimum atomic E-state index is -0.523. The molecule has 0 aromatic heterocycles. The summed E-state index contributed by atoms with van der Waals surface area (Å²) in [5, 5.41) is 0.736. The highest BCUT2D eigenvalue weighted by Crippen LogP contribution is 2.29. The molecule has 2 atom stereocenters. The zero-order valence-corrected chi connectivity index (χ0v) is 18.6. The highest BCUT2D eigenvalue weighted by atomic mass is 35.5. The van der Waals surface area contributed by atoms with Gasteiger partial charge in [-0.25, -0.2) is 4.79 Å². The van der Waals surface area contributed by atoms with Crippen LogP contribution < -0.4 is 0 Å². The fourth-order valence-electron chi connectivity index (χ4n) is 4.28. The van der Waals surface area contributed by atoms with Crippen LogP contribution in [0.15, 0.2) is 24.3 Å². The van der Waals surface area contributed by atoms with Crippen LogP contribution in [0.3, 0.4) is 0 Å². The van der Waals surface area contributed by atoms with E-state index in [1.165, 1.54) is 5.56 Å². The number of nitrogens with zero attached hydrogens (tertiary/aromatic N) is 2. The third kappa shape index (κ3) is 6.11. The third-order valence-corrected chi connectivity index (χ3v) is 6.00. The Kier molecular flexibility index (Phi) is 7.10. The van der Waals surface area contributed by atoms with E-state index < -0.39 is 5.60 Å². The highest BCUT2D eigenvalue weighted by molar-refractivity contribution is 6.30. The Morgan fingerprint density at radius 2 is 1.66 bits per heavy atom. The summed E-state index contributed by atoms with van der Waals surface area (Å²) in [6, 6.07) is 8.00. The molecular weight excluding hydrogens is 388 g/mol. The van der Waals surface area contributed by atoms with Crippen molar-refractivity contribution in [3.05, 3.63) is 34.9 Å². The van der Waals surface area contributed by atoms with Crippen molar-refractivity contribution < 1.29 is 14.3 Å². The van der Waals surface area contributed by atoms with Gasteiger partial charge >= 0.3 is 6.09 Å². The van der Waals surface area contributed by atoms with Gasteiger partial charge in [-0.2, -0.15) is 0 Å². The summed E-state index contributed by atoms with van der Waals surface area (Å²) in [5.41, 5.74) is 0.720. The van der Waals surface area contributed by atoms with Gasteiger partial charge in [-0.3, -0.25) is 4.79 Å². The first kappa shape index (κ1) is 21.9. The van der Waals surface area contributed by atoms with Gasteiger partial charge in [0.25, 0.3) is 0 Å². The molecule has 0 radical (unpaired) electrons. The van der Waals surface area contributed by atoms with E-state index in [4.69, 9.17) is 16.3 Å². The Bertz CT molecular complexity index is 714. The number of piperidine rings is 1. The predicted molar refractivity (Wildman–Crippen MR) is 115 cm³/mol. The standard InChI is InChI=1S/C23H33ClN2O3/c1-23(2,3)29-22(28)26-14-6-8-19(16-26)21(27)25-13-5-4-7-18(15-25)17-9-11-20(24)12-10-17/h9-12,18-19H,4-8,13-16H2,1-3H3. The molecule has 5 nitrogen and oxygen atoms in total. The van der Waals surface area contributed by atoms with Crippen molar-refractivity contribution in [1.82, 2.24) is 9.80 Å². The maximum absolute atomic E-state index is 13.3. The molecule has 0 N–H and O–H groups in total. The van der Waals surface area contributed by atoms with Crippen molar-refractivity contribution in [3.63, 3.8) is 0 Å². The van der Waals surface area contributed by atoms with E-state index in [0.717, 1.165) is 50.2 Å². The van der Waals surface area contributed by atoms with E-state index in [0.29, 0.717) is 19.0 Å². The SMILES string of the molecule is CC(C)(C)OC(=O)N1CCCC(C(=O)N2CCCCC(c3ccc(Cl)cc3)C2)C1. The van der Waals surface area contributed by atoms with Crippen LogP contribution >= 0.6 is 11.6 Å². The quantitative estimate of drug-likeness (QED) is 0.670.